The van der Waals surface area contributed by atoms with E-state index < -0.39 is 10.4 Å². The second-order valence-electron chi connectivity index (χ2n) is 2.02. The Morgan fingerprint density at radius 3 is 2.12 bits per heavy atom. The lowest BCUT2D eigenvalue weighted by Gasteiger charge is -2.10. The van der Waals surface area contributed by atoms with E-state index in [1.54, 1.807) is 0 Å². The number of ether oxygens (including phenoxy) is 1. The zero-order valence-corrected chi connectivity index (χ0v) is 5.84. The number of rotatable bonds is 1. The van der Waals surface area contributed by atoms with Crippen molar-refractivity contribution in [3.63, 3.8) is 0 Å². The summed E-state index contributed by atoms with van der Waals surface area (Å²) in [5, 5.41) is 0. The molecule has 1 atom stereocenters. The van der Waals surface area contributed by atoms with Crippen molar-refractivity contribution < 1.29 is 13.5 Å². The Morgan fingerprint density at radius 2 is 2.12 bits per heavy atom. The predicted octanol–water partition coefficient (Wildman–Crippen LogP) is 1.76. The van der Waals surface area contributed by atoms with Gasteiger partial charge in [-0.25, -0.2) is 0 Å². The fourth-order valence-corrected chi connectivity index (χ4v) is 0.501. The maximum absolute atomic E-state index is 12.1. The van der Waals surface area contributed by atoms with E-state index in [4.69, 9.17) is 0 Å². The SMILES string of the molecule is CC1(C(F)(F)Br)CO1. The second kappa shape index (κ2) is 1.42. The summed E-state index contributed by atoms with van der Waals surface area (Å²) in [6, 6.07) is 0. The van der Waals surface area contributed by atoms with Crippen molar-refractivity contribution in [2.24, 2.45) is 0 Å². The summed E-state index contributed by atoms with van der Waals surface area (Å²) in [5.41, 5.74) is -1.23. The summed E-state index contributed by atoms with van der Waals surface area (Å²) in [6.45, 7) is 1.51. The summed E-state index contributed by atoms with van der Waals surface area (Å²) in [5.74, 6) is 0. The molecule has 0 aliphatic carbocycles. The first-order valence-corrected chi connectivity index (χ1v) is 2.96. The fourth-order valence-electron chi connectivity index (χ4n) is 0.272. The van der Waals surface area contributed by atoms with Gasteiger partial charge in [-0.2, -0.15) is 8.78 Å². The van der Waals surface area contributed by atoms with Crippen molar-refractivity contribution in [1.29, 1.82) is 0 Å². The van der Waals surface area contributed by atoms with Gasteiger partial charge in [0.1, 0.15) is 0 Å². The minimum atomic E-state index is -2.86. The summed E-state index contributed by atoms with van der Waals surface area (Å²) in [7, 11) is 0. The minimum Gasteiger partial charge on any atom is -0.362 e. The molecular formula is C4H5BrF2O. The average Bonchev–Trinajstić information content (AvgIpc) is 2.16. The lowest BCUT2D eigenvalue weighted by atomic mass is 10.2. The lowest BCUT2D eigenvalue weighted by Crippen LogP contribution is -2.26. The molecule has 1 unspecified atom stereocenters. The molecule has 0 N–H and O–H groups in total. The molecule has 0 saturated carbocycles. The van der Waals surface area contributed by atoms with Crippen molar-refractivity contribution in [3.05, 3.63) is 0 Å². The van der Waals surface area contributed by atoms with Gasteiger partial charge in [0.2, 0.25) is 0 Å². The van der Waals surface area contributed by atoms with Crippen molar-refractivity contribution >= 4 is 15.9 Å². The molecule has 0 radical (unpaired) electrons. The topological polar surface area (TPSA) is 12.5 Å². The van der Waals surface area contributed by atoms with Crippen LogP contribution in [0.1, 0.15) is 6.92 Å². The van der Waals surface area contributed by atoms with Crippen molar-refractivity contribution in [2.45, 2.75) is 17.4 Å². The number of epoxide rings is 1. The van der Waals surface area contributed by atoms with Gasteiger partial charge in [-0.05, 0) is 22.9 Å². The largest absolute Gasteiger partial charge is 0.362 e. The normalized spacial score (nSPS) is 37.5. The Kier molecular flexibility index (Phi) is 1.14. The highest BCUT2D eigenvalue weighted by Crippen LogP contribution is 2.45. The second-order valence-corrected chi connectivity index (χ2v) is 3.01. The molecule has 0 spiro atoms. The average molecular weight is 187 g/mol. The minimum absolute atomic E-state index is 0.144. The van der Waals surface area contributed by atoms with Crippen molar-refractivity contribution in [2.75, 3.05) is 6.61 Å². The van der Waals surface area contributed by atoms with E-state index in [0.717, 1.165) is 0 Å². The van der Waals surface area contributed by atoms with Crippen molar-refractivity contribution in [1.82, 2.24) is 0 Å². The summed E-state index contributed by atoms with van der Waals surface area (Å²) in [6.07, 6.45) is 0. The van der Waals surface area contributed by atoms with Gasteiger partial charge in [-0.15, -0.1) is 0 Å². The smallest absolute Gasteiger partial charge is 0.331 e. The maximum Gasteiger partial charge on any atom is 0.331 e. The molecule has 0 aromatic heterocycles. The van der Waals surface area contributed by atoms with Crippen LogP contribution in [-0.4, -0.2) is 17.0 Å². The van der Waals surface area contributed by atoms with E-state index in [-0.39, 0.29) is 6.61 Å². The highest BCUT2D eigenvalue weighted by atomic mass is 79.9. The Bertz CT molecular complexity index is 102. The zero-order valence-electron chi connectivity index (χ0n) is 4.25. The molecule has 1 heterocycles. The number of hydrogen-bond donors (Lipinski definition) is 0. The van der Waals surface area contributed by atoms with Gasteiger partial charge >= 0.3 is 4.83 Å². The lowest BCUT2D eigenvalue weighted by molar-refractivity contribution is 0.0286. The molecular weight excluding hydrogens is 182 g/mol. The molecule has 0 amide bonds. The van der Waals surface area contributed by atoms with E-state index in [9.17, 15) is 8.78 Å². The third-order valence-corrected chi connectivity index (χ3v) is 2.02. The summed E-state index contributed by atoms with van der Waals surface area (Å²) < 4.78 is 28.6. The monoisotopic (exact) mass is 186 g/mol. The van der Waals surface area contributed by atoms with E-state index in [1.165, 1.54) is 6.92 Å². The highest BCUT2D eigenvalue weighted by Gasteiger charge is 2.59. The molecule has 0 bridgehead atoms. The van der Waals surface area contributed by atoms with Crippen LogP contribution < -0.4 is 0 Å². The molecule has 1 rings (SSSR count). The van der Waals surface area contributed by atoms with E-state index >= 15 is 0 Å². The Hall–Kier alpha value is 0.300. The van der Waals surface area contributed by atoms with Crippen LogP contribution in [0, 0.1) is 0 Å². The van der Waals surface area contributed by atoms with Crippen LogP contribution >= 0.6 is 15.9 Å². The summed E-state index contributed by atoms with van der Waals surface area (Å²) in [4.78, 5) is -2.86. The number of halogens is 3. The Balaban J connectivity index is 2.58. The van der Waals surface area contributed by atoms with E-state index in [2.05, 4.69) is 20.7 Å². The van der Waals surface area contributed by atoms with E-state index in [1.807, 2.05) is 0 Å². The van der Waals surface area contributed by atoms with Crippen LogP contribution in [0.2, 0.25) is 0 Å². The third-order valence-electron chi connectivity index (χ3n) is 1.18. The third kappa shape index (κ3) is 0.865. The first-order valence-electron chi connectivity index (χ1n) is 2.16. The van der Waals surface area contributed by atoms with Crippen LogP contribution in [0.3, 0.4) is 0 Å². The van der Waals surface area contributed by atoms with Gasteiger partial charge in [0, 0.05) is 0 Å². The quantitative estimate of drug-likeness (QED) is 0.450. The zero-order chi connectivity index (χ0) is 6.41. The molecule has 8 heavy (non-hydrogen) atoms. The van der Waals surface area contributed by atoms with Crippen LogP contribution in [0.5, 0.6) is 0 Å². The Morgan fingerprint density at radius 1 is 1.75 bits per heavy atom. The molecule has 1 aliphatic rings. The maximum atomic E-state index is 12.1. The number of alkyl halides is 3. The van der Waals surface area contributed by atoms with Gasteiger partial charge in [-0.1, -0.05) is 0 Å². The molecule has 48 valence electrons. The van der Waals surface area contributed by atoms with Gasteiger partial charge in [0.05, 0.1) is 6.61 Å². The molecule has 0 aromatic rings. The van der Waals surface area contributed by atoms with Crippen molar-refractivity contribution in [3.8, 4) is 0 Å². The van der Waals surface area contributed by atoms with Gasteiger partial charge in [0.15, 0.2) is 5.60 Å². The molecule has 1 fully saturated rings. The molecule has 1 aliphatic heterocycles. The van der Waals surface area contributed by atoms with Gasteiger partial charge in [0.25, 0.3) is 0 Å². The molecule has 1 saturated heterocycles. The first-order chi connectivity index (χ1) is 3.46. The van der Waals surface area contributed by atoms with Crippen LogP contribution in [0.15, 0.2) is 0 Å². The Labute approximate surface area is 54.1 Å². The molecule has 4 heteroatoms. The fraction of sp³-hybridized carbons (Fsp3) is 1.00. The van der Waals surface area contributed by atoms with Crippen LogP contribution in [-0.2, 0) is 4.74 Å². The predicted molar refractivity (Wildman–Crippen MR) is 28.2 cm³/mol. The van der Waals surface area contributed by atoms with Gasteiger partial charge in [-0.3, -0.25) is 0 Å². The number of hydrogen-bond acceptors (Lipinski definition) is 1. The van der Waals surface area contributed by atoms with Gasteiger partial charge < -0.3 is 4.74 Å². The summed E-state index contributed by atoms with van der Waals surface area (Å²) >= 11 is 2.20. The molecule has 1 nitrogen and oxygen atoms in total. The molecule has 0 aromatic carbocycles. The van der Waals surface area contributed by atoms with Crippen LogP contribution in [0.25, 0.3) is 0 Å². The van der Waals surface area contributed by atoms with E-state index in [0.29, 0.717) is 0 Å². The highest BCUT2D eigenvalue weighted by molar-refractivity contribution is 9.10. The van der Waals surface area contributed by atoms with Crippen LogP contribution in [0.4, 0.5) is 8.78 Å². The standard InChI is InChI=1S/C4H5BrF2O/c1-3(2-8-3)4(5,6)7/h2H2,1H3. The first kappa shape index (κ1) is 6.42.